The van der Waals surface area contributed by atoms with Crippen molar-refractivity contribution in [1.29, 1.82) is 0 Å². The number of benzene rings is 1. The monoisotopic (exact) mass is 288 g/mol. The van der Waals surface area contributed by atoms with E-state index in [-0.39, 0.29) is 5.41 Å². The van der Waals surface area contributed by atoms with Crippen molar-refractivity contribution < 1.29 is 0 Å². The normalized spacial score (nSPS) is 24.3. The summed E-state index contributed by atoms with van der Waals surface area (Å²) in [7, 11) is 0. The van der Waals surface area contributed by atoms with E-state index in [9.17, 15) is 0 Å². The van der Waals surface area contributed by atoms with E-state index in [0.29, 0.717) is 12.0 Å². The summed E-state index contributed by atoms with van der Waals surface area (Å²) in [6, 6.07) is 5.07. The second-order valence-corrected chi connectivity index (χ2v) is 8.00. The number of rotatable bonds is 2. The summed E-state index contributed by atoms with van der Waals surface area (Å²) in [5.41, 5.74) is 12.2. The van der Waals surface area contributed by atoms with Gasteiger partial charge < -0.3 is 5.73 Å². The smallest absolute Gasteiger partial charge is 0.0239 e. The van der Waals surface area contributed by atoms with Crippen LogP contribution in [0.3, 0.4) is 0 Å². The molecular formula is C19H32N2. The maximum absolute atomic E-state index is 6.24. The predicted octanol–water partition coefficient (Wildman–Crippen LogP) is 3.77. The average molecular weight is 288 g/mol. The molecule has 2 N–H and O–H groups in total. The van der Waals surface area contributed by atoms with Crippen LogP contribution in [0, 0.1) is 19.8 Å². The van der Waals surface area contributed by atoms with Gasteiger partial charge >= 0.3 is 0 Å². The van der Waals surface area contributed by atoms with Gasteiger partial charge in [-0.25, -0.2) is 0 Å². The Hall–Kier alpha value is -0.860. The summed E-state index contributed by atoms with van der Waals surface area (Å²) in [6.07, 6.45) is 1.22. The highest BCUT2D eigenvalue weighted by Gasteiger charge is 2.24. The molecule has 0 aromatic heterocycles. The first-order chi connectivity index (χ1) is 9.68. The van der Waals surface area contributed by atoms with Crippen molar-refractivity contribution >= 4 is 0 Å². The lowest BCUT2D eigenvalue weighted by Gasteiger charge is -2.35. The molecule has 0 amide bonds. The molecule has 2 heteroatoms. The fourth-order valence-corrected chi connectivity index (χ4v) is 3.21. The zero-order valence-corrected chi connectivity index (χ0v) is 14.7. The van der Waals surface area contributed by atoms with Crippen LogP contribution in [0.2, 0.25) is 0 Å². The Morgan fingerprint density at radius 1 is 1.19 bits per heavy atom. The molecule has 1 saturated heterocycles. The number of nitrogens with two attached hydrogens (primary N) is 1. The first-order valence-electron chi connectivity index (χ1n) is 8.27. The van der Waals surface area contributed by atoms with Gasteiger partial charge in [0.05, 0.1) is 0 Å². The minimum absolute atomic E-state index is 0.219. The summed E-state index contributed by atoms with van der Waals surface area (Å²) in [6.45, 7) is 16.9. The van der Waals surface area contributed by atoms with Gasteiger partial charge in [0.15, 0.2) is 0 Å². The van der Waals surface area contributed by atoms with Crippen LogP contribution in [0.4, 0.5) is 0 Å². The SMILES string of the molecule is Cc1cc(C(C)(C)C)cc(C)c1CN1CCC(C)C(N)C1. The molecule has 118 valence electrons. The minimum Gasteiger partial charge on any atom is -0.326 e. The largest absolute Gasteiger partial charge is 0.326 e. The van der Waals surface area contributed by atoms with E-state index < -0.39 is 0 Å². The molecule has 2 unspecified atom stereocenters. The Morgan fingerprint density at radius 2 is 1.76 bits per heavy atom. The first kappa shape index (κ1) is 16.5. The van der Waals surface area contributed by atoms with Crippen molar-refractivity contribution in [2.45, 2.75) is 66.0 Å². The fourth-order valence-electron chi connectivity index (χ4n) is 3.21. The fraction of sp³-hybridized carbons (Fsp3) is 0.684. The van der Waals surface area contributed by atoms with Crippen molar-refractivity contribution in [3.8, 4) is 0 Å². The van der Waals surface area contributed by atoms with Gasteiger partial charge in [-0.3, -0.25) is 4.90 Å². The van der Waals surface area contributed by atoms with Crippen molar-refractivity contribution in [3.63, 3.8) is 0 Å². The van der Waals surface area contributed by atoms with Gasteiger partial charge in [0.1, 0.15) is 0 Å². The summed E-state index contributed by atoms with van der Waals surface area (Å²) in [5, 5.41) is 0. The van der Waals surface area contributed by atoms with Crippen LogP contribution in [0.15, 0.2) is 12.1 Å². The van der Waals surface area contributed by atoms with Crippen molar-refractivity contribution in [3.05, 3.63) is 34.4 Å². The molecule has 0 saturated carbocycles. The standard InChI is InChI=1S/C19H32N2/c1-13-7-8-21(12-18(13)20)11-17-14(2)9-16(10-15(17)3)19(4,5)6/h9-10,13,18H,7-8,11-12,20H2,1-6H3. The molecular weight excluding hydrogens is 256 g/mol. The van der Waals surface area contributed by atoms with Gasteiger partial charge in [-0.15, -0.1) is 0 Å². The second kappa shape index (κ2) is 6.10. The summed E-state index contributed by atoms with van der Waals surface area (Å²) < 4.78 is 0. The van der Waals surface area contributed by atoms with E-state index in [1.807, 2.05) is 0 Å². The minimum atomic E-state index is 0.219. The third kappa shape index (κ3) is 3.87. The molecule has 1 fully saturated rings. The average Bonchev–Trinajstić information content (AvgIpc) is 2.36. The van der Waals surface area contributed by atoms with Gasteiger partial charge in [0, 0.05) is 19.1 Å². The maximum Gasteiger partial charge on any atom is 0.0239 e. The van der Waals surface area contributed by atoms with E-state index in [2.05, 4.69) is 58.6 Å². The van der Waals surface area contributed by atoms with Crippen LogP contribution in [-0.4, -0.2) is 24.0 Å². The Bertz CT molecular complexity index is 476. The molecule has 1 heterocycles. The zero-order chi connectivity index (χ0) is 15.8. The lowest BCUT2D eigenvalue weighted by Crippen LogP contribution is -2.47. The number of hydrogen-bond acceptors (Lipinski definition) is 2. The number of likely N-dealkylation sites (tertiary alicyclic amines) is 1. The Balaban J connectivity index is 2.18. The molecule has 21 heavy (non-hydrogen) atoms. The molecule has 1 aromatic carbocycles. The highest BCUT2D eigenvalue weighted by Crippen LogP contribution is 2.28. The maximum atomic E-state index is 6.24. The number of piperidine rings is 1. The highest BCUT2D eigenvalue weighted by molar-refractivity contribution is 5.40. The lowest BCUT2D eigenvalue weighted by atomic mass is 9.83. The quantitative estimate of drug-likeness (QED) is 0.897. The van der Waals surface area contributed by atoms with Crippen LogP contribution in [0.1, 0.15) is 56.4 Å². The van der Waals surface area contributed by atoms with E-state index in [1.165, 1.54) is 35.2 Å². The number of aryl methyl sites for hydroxylation is 2. The summed E-state index contributed by atoms with van der Waals surface area (Å²) in [5.74, 6) is 0.659. The molecule has 1 aromatic rings. The predicted molar refractivity (Wildman–Crippen MR) is 91.6 cm³/mol. The zero-order valence-electron chi connectivity index (χ0n) is 14.7. The topological polar surface area (TPSA) is 29.3 Å². The Labute approximate surface area is 130 Å². The van der Waals surface area contributed by atoms with Crippen molar-refractivity contribution in [1.82, 2.24) is 4.90 Å². The van der Waals surface area contributed by atoms with Crippen molar-refractivity contribution in [2.24, 2.45) is 11.7 Å². The lowest BCUT2D eigenvalue weighted by molar-refractivity contribution is 0.161. The van der Waals surface area contributed by atoms with Gasteiger partial charge in [0.2, 0.25) is 0 Å². The van der Waals surface area contributed by atoms with Crippen LogP contribution in [0.5, 0.6) is 0 Å². The van der Waals surface area contributed by atoms with Crippen molar-refractivity contribution in [2.75, 3.05) is 13.1 Å². The molecule has 2 atom stereocenters. The third-order valence-corrected chi connectivity index (χ3v) is 5.04. The van der Waals surface area contributed by atoms with Gasteiger partial charge in [-0.05, 0) is 60.4 Å². The molecule has 0 spiro atoms. The van der Waals surface area contributed by atoms with E-state index in [4.69, 9.17) is 5.73 Å². The summed E-state index contributed by atoms with van der Waals surface area (Å²) >= 11 is 0. The number of hydrogen-bond donors (Lipinski definition) is 1. The van der Waals surface area contributed by atoms with Crippen LogP contribution < -0.4 is 5.73 Å². The molecule has 0 radical (unpaired) electrons. The van der Waals surface area contributed by atoms with Crippen LogP contribution in [-0.2, 0) is 12.0 Å². The molecule has 2 rings (SSSR count). The molecule has 1 aliphatic rings. The van der Waals surface area contributed by atoms with Crippen LogP contribution >= 0.6 is 0 Å². The number of nitrogens with zero attached hydrogens (tertiary/aromatic N) is 1. The third-order valence-electron chi connectivity index (χ3n) is 5.04. The molecule has 0 aliphatic carbocycles. The van der Waals surface area contributed by atoms with Gasteiger partial charge in [0.25, 0.3) is 0 Å². The molecule has 1 aliphatic heterocycles. The molecule has 0 bridgehead atoms. The van der Waals surface area contributed by atoms with Gasteiger partial charge in [-0.1, -0.05) is 39.8 Å². The highest BCUT2D eigenvalue weighted by atomic mass is 15.1. The van der Waals surface area contributed by atoms with Crippen LogP contribution in [0.25, 0.3) is 0 Å². The molecule has 2 nitrogen and oxygen atoms in total. The Kier molecular flexibility index (Phi) is 4.79. The van der Waals surface area contributed by atoms with E-state index >= 15 is 0 Å². The second-order valence-electron chi connectivity index (χ2n) is 8.00. The first-order valence-corrected chi connectivity index (χ1v) is 8.27. The summed E-state index contributed by atoms with van der Waals surface area (Å²) in [4.78, 5) is 2.52. The van der Waals surface area contributed by atoms with E-state index in [1.54, 1.807) is 0 Å². The van der Waals surface area contributed by atoms with Gasteiger partial charge in [-0.2, -0.15) is 0 Å². The Morgan fingerprint density at radius 3 is 2.24 bits per heavy atom. The van der Waals surface area contributed by atoms with E-state index in [0.717, 1.165) is 13.1 Å².